The number of carbonyl (C=O) groups is 1. The maximum atomic E-state index is 12.4. The standard InChI is InChI=1S/C20H21N3O/c1-23-11-15-14-7-3-2-5-12(14)9-13-6-4-8-16-19(13)20(15)17(22-23)10-18(24)21-16/h2-8,15-17,22H,9-11H2,1H3,(H,21,24). The number of fused-ring (bicyclic) bond motifs is 2. The Kier molecular flexibility index (Phi) is 3.05. The van der Waals surface area contributed by atoms with Gasteiger partial charge in [0.2, 0.25) is 5.91 Å². The van der Waals surface area contributed by atoms with Crippen molar-refractivity contribution in [3.8, 4) is 0 Å². The molecule has 1 fully saturated rings. The lowest BCUT2D eigenvalue weighted by Gasteiger charge is -2.40. The Labute approximate surface area is 141 Å². The van der Waals surface area contributed by atoms with Crippen LogP contribution in [0, 0.1) is 0 Å². The van der Waals surface area contributed by atoms with Crippen LogP contribution >= 0.6 is 0 Å². The van der Waals surface area contributed by atoms with Crippen LogP contribution in [0.25, 0.3) is 0 Å². The number of nitrogens with zero attached hydrogens (tertiary/aromatic N) is 1. The Hall–Kier alpha value is -2.17. The van der Waals surface area contributed by atoms with Gasteiger partial charge in [0, 0.05) is 25.9 Å². The Bertz CT molecular complexity index is 820. The van der Waals surface area contributed by atoms with Crippen LogP contribution in [0.1, 0.15) is 23.5 Å². The Balaban J connectivity index is 1.78. The molecular weight excluding hydrogens is 298 g/mol. The number of hydrogen-bond donors (Lipinski definition) is 2. The van der Waals surface area contributed by atoms with Gasteiger partial charge in [-0.2, -0.15) is 0 Å². The highest BCUT2D eigenvalue weighted by Crippen LogP contribution is 2.44. The molecule has 24 heavy (non-hydrogen) atoms. The van der Waals surface area contributed by atoms with Crippen molar-refractivity contribution in [2.45, 2.75) is 30.8 Å². The van der Waals surface area contributed by atoms with Gasteiger partial charge in [-0.1, -0.05) is 42.5 Å². The normalized spacial score (nSPS) is 31.5. The lowest BCUT2D eigenvalue weighted by molar-refractivity contribution is -0.121. The van der Waals surface area contributed by atoms with Gasteiger partial charge in [-0.25, -0.2) is 10.4 Å². The summed E-state index contributed by atoms with van der Waals surface area (Å²) >= 11 is 0. The molecule has 0 bridgehead atoms. The van der Waals surface area contributed by atoms with E-state index in [2.05, 4.69) is 65.3 Å². The molecule has 0 spiro atoms. The quantitative estimate of drug-likeness (QED) is 0.767. The number of hydrazine groups is 1. The number of nitrogens with one attached hydrogen (secondary N) is 2. The molecule has 2 heterocycles. The number of amides is 1. The van der Waals surface area contributed by atoms with Gasteiger partial charge in [-0.15, -0.1) is 0 Å². The van der Waals surface area contributed by atoms with Crippen LogP contribution in [-0.2, 0) is 11.2 Å². The van der Waals surface area contributed by atoms with E-state index in [4.69, 9.17) is 0 Å². The van der Waals surface area contributed by atoms with E-state index in [1.54, 1.807) is 0 Å². The van der Waals surface area contributed by atoms with Crippen molar-refractivity contribution >= 4 is 5.91 Å². The molecular formula is C20H21N3O. The third-order valence-electron chi connectivity index (χ3n) is 5.67. The average molecular weight is 319 g/mol. The van der Waals surface area contributed by atoms with Gasteiger partial charge in [-0.05, 0) is 34.3 Å². The number of carbonyl (C=O) groups excluding carboxylic acids is 1. The molecule has 2 aliphatic heterocycles. The zero-order chi connectivity index (χ0) is 16.3. The van der Waals surface area contributed by atoms with Gasteiger partial charge in [0.05, 0.1) is 12.1 Å². The molecule has 3 unspecified atom stereocenters. The van der Waals surface area contributed by atoms with Crippen LogP contribution in [0.2, 0.25) is 0 Å². The predicted molar refractivity (Wildman–Crippen MR) is 93.2 cm³/mol. The monoisotopic (exact) mass is 319 g/mol. The summed E-state index contributed by atoms with van der Waals surface area (Å²) in [5.74, 6) is 0.471. The molecule has 1 aromatic carbocycles. The summed E-state index contributed by atoms with van der Waals surface area (Å²) in [5.41, 5.74) is 10.5. The summed E-state index contributed by atoms with van der Waals surface area (Å²) in [4.78, 5) is 12.4. The number of benzene rings is 1. The molecule has 2 aliphatic carbocycles. The SMILES string of the molecule is CN1CC2C3=C4C(=CC=CC4NC(=O)CC3N1)Cc1ccccc12. The van der Waals surface area contributed by atoms with Crippen molar-refractivity contribution in [1.29, 1.82) is 0 Å². The van der Waals surface area contributed by atoms with E-state index in [0.29, 0.717) is 12.3 Å². The molecule has 1 amide bonds. The lowest BCUT2D eigenvalue weighted by Crippen LogP contribution is -2.52. The molecule has 3 atom stereocenters. The van der Waals surface area contributed by atoms with Crippen molar-refractivity contribution in [2.75, 3.05) is 13.6 Å². The molecule has 4 aliphatic rings. The smallest absolute Gasteiger partial charge is 0.222 e. The summed E-state index contributed by atoms with van der Waals surface area (Å²) < 4.78 is 0. The van der Waals surface area contributed by atoms with Gasteiger partial charge in [-0.3, -0.25) is 4.79 Å². The molecule has 1 saturated heterocycles. The van der Waals surface area contributed by atoms with Gasteiger partial charge < -0.3 is 5.32 Å². The molecule has 1 aromatic rings. The van der Waals surface area contributed by atoms with E-state index in [1.807, 2.05) is 0 Å². The highest BCUT2D eigenvalue weighted by atomic mass is 16.1. The van der Waals surface area contributed by atoms with Crippen molar-refractivity contribution in [3.63, 3.8) is 0 Å². The van der Waals surface area contributed by atoms with Crippen LogP contribution in [-0.4, -0.2) is 36.6 Å². The largest absolute Gasteiger partial charge is 0.346 e. The number of hydrogen-bond acceptors (Lipinski definition) is 3. The minimum atomic E-state index is 0.0134. The summed E-state index contributed by atoms with van der Waals surface area (Å²) in [7, 11) is 2.08. The molecule has 2 N–H and O–H groups in total. The van der Waals surface area contributed by atoms with Crippen LogP contribution in [0.4, 0.5) is 0 Å². The van der Waals surface area contributed by atoms with Crippen molar-refractivity contribution in [2.24, 2.45) is 0 Å². The maximum Gasteiger partial charge on any atom is 0.222 e. The minimum absolute atomic E-state index is 0.0134. The van der Waals surface area contributed by atoms with Crippen molar-refractivity contribution in [1.82, 2.24) is 15.8 Å². The zero-order valence-electron chi connectivity index (χ0n) is 13.8. The first-order valence-corrected chi connectivity index (χ1v) is 8.67. The van der Waals surface area contributed by atoms with E-state index in [9.17, 15) is 4.79 Å². The van der Waals surface area contributed by atoms with Gasteiger partial charge in [0.1, 0.15) is 0 Å². The second-order valence-electron chi connectivity index (χ2n) is 7.19. The van der Waals surface area contributed by atoms with Crippen molar-refractivity contribution in [3.05, 3.63) is 70.3 Å². The van der Waals surface area contributed by atoms with E-state index >= 15 is 0 Å². The molecule has 122 valence electrons. The molecule has 4 heteroatoms. The first-order chi connectivity index (χ1) is 11.7. The van der Waals surface area contributed by atoms with Gasteiger partial charge >= 0.3 is 0 Å². The second-order valence-corrected chi connectivity index (χ2v) is 7.19. The van der Waals surface area contributed by atoms with Gasteiger partial charge in [0.15, 0.2) is 0 Å². The summed E-state index contributed by atoms with van der Waals surface area (Å²) in [6.07, 6.45) is 7.89. The first kappa shape index (κ1) is 14.2. The van der Waals surface area contributed by atoms with Crippen LogP contribution in [0.5, 0.6) is 0 Å². The van der Waals surface area contributed by atoms with E-state index < -0.39 is 0 Å². The van der Waals surface area contributed by atoms with Crippen molar-refractivity contribution < 1.29 is 4.79 Å². The topological polar surface area (TPSA) is 44.4 Å². The van der Waals surface area contributed by atoms with Crippen LogP contribution < -0.4 is 10.7 Å². The van der Waals surface area contributed by atoms with Crippen LogP contribution in [0.15, 0.2) is 59.2 Å². The third kappa shape index (κ3) is 2.03. The highest BCUT2D eigenvalue weighted by molar-refractivity contribution is 5.80. The van der Waals surface area contributed by atoms with E-state index in [1.165, 1.54) is 27.8 Å². The average Bonchev–Trinajstić information content (AvgIpc) is 2.79. The maximum absolute atomic E-state index is 12.4. The Morgan fingerprint density at radius 2 is 2.12 bits per heavy atom. The third-order valence-corrected chi connectivity index (χ3v) is 5.67. The molecule has 5 rings (SSSR count). The summed E-state index contributed by atoms with van der Waals surface area (Å²) in [5, 5.41) is 5.36. The highest BCUT2D eigenvalue weighted by Gasteiger charge is 2.41. The fraction of sp³-hybridized carbons (Fsp3) is 0.350. The van der Waals surface area contributed by atoms with Crippen LogP contribution in [0.3, 0.4) is 0 Å². The lowest BCUT2D eigenvalue weighted by atomic mass is 9.79. The summed E-state index contributed by atoms with van der Waals surface area (Å²) in [6.45, 7) is 0.935. The fourth-order valence-electron chi connectivity index (χ4n) is 4.77. The van der Waals surface area contributed by atoms with E-state index in [0.717, 1.165) is 13.0 Å². The number of likely N-dealkylation sites (N-methyl/N-ethyl adjacent to an activating group) is 1. The number of allylic oxidation sites excluding steroid dienone is 2. The summed E-state index contributed by atoms with van der Waals surface area (Å²) in [6, 6.07) is 8.89. The van der Waals surface area contributed by atoms with Gasteiger partial charge in [0.25, 0.3) is 0 Å². The van der Waals surface area contributed by atoms with E-state index in [-0.39, 0.29) is 18.0 Å². The number of rotatable bonds is 0. The molecule has 4 nitrogen and oxygen atoms in total. The fourth-order valence-corrected chi connectivity index (χ4v) is 4.77. The molecule has 0 radical (unpaired) electrons. The Morgan fingerprint density at radius 3 is 3.04 bits per heavy atom. The Morgan fingerprint density at radius 1 is 1.25 bits per heavy atom. The first-order valence-electron chi connectivity index (χ1n) is 8.67. The zero-order valence-corrected chi connectivity index (χ0v) is 13.8. The minimum Gasteiger partial charge on any atom is -0.346 e. The predicted octanol–water partition coefficient (Wildman–Crippen LogP) is 1.83. The second kappa shape index (κ2) is 5.16. The molecule has 0 aromatic heterocycles. The molecule has 0 saturated carbocycles.